The largest absolute Gasteiger partial charge is 0.273 e. The summed E-state index contributed by atoms with van der Waals surface area (Å²) < 4.78 is 26.5. The molecule has 0 aromatic heterocycles. The first-order chi connectivity index (χ1) is 12.9. The van der Waals surface area contributed by atoms with Gasteiger partial charge in [0.25, 0.3) is 5.91 Å². The zero-order valence-electron chi connectivity index (χ0n) is 16.0. The highest BCUT2D eigenvalue weighted by atomic mass is 32.2. The Balaban J connectivity index is 1.93. The number of hydrazine groups is 1. The lowest BCUT2D eigenvalue weighted by Crippen LogP contribution is -2.41. The smallest absolute Gasteiger partial charge is 0.269 e. The third-order valence-electron chi connectivity index (χ3n) is 5.01. The standard InChI is InChI=1S/C19H29N3O4S/c1-3-22(4-2)27(25,26)17-11-7-10-16(14-17)19(24)21-20-18(23)13-12-15-8-5-6-9-15/h7,10-11,14-15H,3-6,8-9,12-13H2,1-2H3,(H,20,23)(H,21,24). The Morgan fingerprint density at radius 3 is 2.41 bits per heavy atom. The molecule has 150 valence electrons. The summed E-state index contributed by atoms with van der Waals surface area (Å²) in [4.78, 5) is 24.2. The lowest BCUT2D eigenvalue weighted by Gasteiger charge is -2.18. The fourth-order valence-electron chi connectivity index (χ4n) is 3.41. The van der Waals surface area contributed by atoms with E-state index in [0.29, 0.717) is 25.4 Å². The van der Waals surface area contributed by atoms with Crippen LogP contribution in [0.25, 0.3) is 0 Å². The predicted octanol–water partition coefficient (Wildman–Crippen LogP) is 2.45. The Bertz CT molecular complexity index is 754. The number of hydrogen-bond donors (Lipinski definition) is 2. The molecule has 8 heteroatoms. The van der Waals surface area contributed by atoms with E-state index in [9.17, 15) is 18.0 Å². The number of benzene rings is 1. The van der Waals surface area contributed by atoms with Crippen molar-refractivity contribution in [1.29, 1.82) is 0 Å². The minimum absolute atomic E-state index is 0.0615. The molecule has 7 nitrogen and oxygen atoms in total. The molecule has 2 amide bonds. The van der Waals surface area contributed by atoms with Crippen molar-refractivity contribution in [2.75, 3.05) is 13.1 Å². The predicted molar refractivity (Wildman–Crippen MR) is 103 cm³/mol. The number of rotatable bonds is 8. The molecule has 0 atom stereocenters. The van der Waals surface area contributed by atoms with Crippen molar-refractivity contribution < 1.29 is 18.0 Å². The van der Waals surface area contributed by atoms with Crippen LogP contribution in [0, 0.1) is 5.92 Å². The molecule has 2 rings (SSSR count). The maximum atomic E-state index is 12.6. The number of carbonyl (C=O) groups excluding carboxylic acids is 2. The maximum absolute atomic E-state index is 12.6. The van der Waals surface area contributed by atoms with E-state index in [1.807, 2.05) is 0 Å². The normalized spacial score (nSPS) is 15.1. The number of nitrogens with one attached hydrogen (secondary N) is 2. The van der Waals surface area contributed by atoms with Crippen molar-refractivity contribution in [2.45, 2.75) is 57.3 Å². The van der Waals surface area contributed by atoms with Crippen LogP contribution in [0.4, 0.5) is 0 Å². The second-order valence-corrected chi connectivity index (χ2v) is 8.75. The van der Waals surface area contributed by atoms with E-state index in [1.165, 1.54) is 54.3 Å². The van der Waals surface area contributed by atoms with Gasteiger partial charge in [0.05, 0.1) is 4.90 Å². The Morgan fingerprint density at radius 1 is 1.11 bits per heavy atom. The molecule has 0 unspecified atom stereocenters. The van der Waals surface area contributed by atoms with E-state index in [1.54, 1.807) is 13.8 Å². The zero-order chi connectivity index (χ0) is 19.9. The van der Waals surface area contributed by atoms with Crippen molar-refractivity contribution >= 4 is 21.8 Å². The molecule has 1 fully saturated rings. The van der Waals surface area contributed by atoms with Gasteiger partial charge in [-0.3, -0.25) is 20.4 Å². The average molecular weight is 396 g/mol. The summed E-state index contributed by atoms with van der Waals surface area (Å²) in [5, 5.41) is 0. The van der Waals surface area contributed by atoms with Crippen molar-refractivity contribution in [2.24, 2.45) is 5.92 Å². The first-order valence-electron chi connectivity index (χ1n) is 9.57. The number of hydrogen-bond acceptors (Lipinski definition) is 4. The maximum Gasteiger partial charge on any atom is 0.269 e. The SMILES string of the molecule is CCN(CC)S(=O)(=O)c1cccc(C(=O)NNC(=O)CCC2CCCC2)c1. The first-order valence-corrected chi connectivity index (χ1v) is 11.0. The van der Waals surface area contributed by atoms with E-state index in [2.05, 4.69) is 10.9 Å². The summed E-state index contributed by atoms with van der Waals surface area (Å²) in [6.45, 7) is 4.23. The number of nitrogens with zero attached hydrogens (tertiary/aromatic N) is 1. The van der Waals surface area contributed by atoms with Crippen LogP contribution < -0.4 is 10.9 Å². The van der Waals surface area contributed by atoms with Gasteiger partial charge in [-0.1, -0.05) is 45.6 Å². The van der Waals surface area contributed by atoms with E-state index in [-0.39, 0.29) is 16.4 Å². The van der Waals surface area contributed by atoms with E-state index in [4.69, 9.17) is 0 Å². The minimum Gasteiger partial charge on any atom is -0.273 e. The molecule has 1 aromatic carbocycles. The second-order valence-electron chi connectivity index (χ2n) is 6.81. The van der Waals surface area contributed by atoms with Crippen molar-refractivity contribution in [3.8, 4) is 0 Å². The Hall–Kier alpha value is -1.93. The Labute approximate surface area is 161 Å². The molecule has 1 aromatic rings. The van der Waals surface area contributed by atoms with Crippen LogP contribution in [0.15, 0.2) is 29.2 Å². The van der Waals surface area contributed by atoms with E-state index in [0.717, 1.165) is 6.42 Å². The molecule has 2 N–H and O–H groups in total. The van der Waals surface area contributed by atoms with Crippen LogP contribution in [-0.2, 0) is 14.8 Å². The van der Waals surface area contributed by atoms with E-state index < -0.39 is 15.9 Å². The third-order valence-corrected chi connectivity index (χ3v) is 7.06. The molecule has 27 heavy (non-hydrogen) atoms. The lowest BCUT2D eigenvalue weighted by atomic mass is 10.0. The van der Waals surface area contributed by atoms with Gasteiger partial charge in [0.2, 0.25) is 15.9 Å². The van der Waals surface area contributed by atoms with Gasteiger partial charge >= 0.3 is 0 Å². The first kappa shape index (κ1) is 21.4. The van der Waals surface area contributed by atoms with Crippen LogP contribution in [-0.4, -0.2) is 37.6 Å². The highest BCUT2D eigenvalue weighted by molar-refractivity contribution is 7.89. The number of carbonyl (C=O) groups is 2. The fourth-order valence-corrected chi connectivity index (χ4v) is 4.91. The zero-order valence-corrected chi connectivity index (χ0v) is 16.8. The van der Waals surface area contributed by atoms with Crippen molar-refractivity contribution in [1.82, 2.24) is 15.2 Å². The molecular formula is C19H29N3O4S. The summed E-state index contributed by atoms with van der Waals surface area (Å²) in [7, 11) is -3.64. The topological polar surface area (TPSA) is 95.6 Å². The summed E-state index contributed by atoms with van der Waals surface area (Å²) in [6.07, 6.45) is 6.02. The van der Waals surface area contributed by atoms with Gasteiger partial charge in [-0.15, -0.1) is 0 Å². The van der Waals surface area contributed by atoms with Gasteiger partial charge in [0.1, 0.15) is 0 Å². The lowest BCUT2D eigenvalue weighted by molar-refractivity contribution is -0.122. The van der Waals surface area contributed by atoms with Crippen LogP contribution in [0.2, 0.25) is 0 Å². The summed E-state index contributed by atoms with van der Waals surface area (Å²) in [5.74, 6) is -0.170. The molecule has 0 saturated heterocycles. The van der Waals surface area contributed by atoms with E-state index >= 15 is 0 Å². The summed E-state index contributed by atoms with van der Waals surface area (Å²) in [5.41, 5.74) is 4.95. The molecule has 1 saturated carbocycles. The molecule has 0 radical (unpaired) electrons. The van der Waals surface area contributed by atoms with Gasteiger partial charge in [0.15, 0.2) is 0 Å². The highest BCUT2D eigenvalue weighted by Crippen LogP contribution is 2.28. The van der Waals surface area contributed by atoms with Crippen LogP contribution >= 0.6 is 0 Å². The molecule has 0 heterocycles. The Morgan fingerprint density at radius 2 is 1.78 bits per heavy atom. The minimum atomic E-state index is -3.64. The molecule has 0 bridgehead atoms. The molecule has 1 aliphatic rings. The Kier molecular flexibility index (Phi) is 7.79. The third kappa shape index (κ3) is 5.77. The highest BCUT2D eigenvalue weighted by Gasteiger charge is 2.22. The second kappa shape index (κ2) is 9.85. The van der Waals surface area contributed by atoms with Crippen LogP contribution in [0.5, 0.6) is 0 Å². The number of sulfonamides is 1. The quantitative estimate of drug-likeness (QED) is 0.661. The van der Waals surface area contributed by atoms with Crippen molar-refractivity contribution in [3.63, 3.8) is 0 Å². The van der Waals surface area contributed by atoms with Gasteiger partial charge < -0.3 is 0 Å². The van der Waals surface area contributed by atoms with Gasteiger partial charge in [-0.25, -0.2) is 8.42 Å². The van der Waals surface area contributed by atoms with Crippen LogP contribution in [0.1, 0.15) is 62.7 Å². The van der Waals surface area contributed by atoms with Gasteiger partial charge in [-0.2, -0.15) is 4.31 Å². The fraction of sp³-hybridized carbons (Fsp3) is 0.579. The van der Waals surface area contributed by atoms with Gasteiger partial charge in [0, 0.05) is 25.1 Å². The van der Waals surface area contributed by atoms with Crippen LogP contribution in [0.3, 0.4) is 0 Å². The number of amides is 2. The monoisotopic (exact) mass is 395 g/mol. The molecule has 1 aliphatic carbocycles. The molecular weight excluding hydrogens is 366 g/mol. The summed E-state index contributed by atoms with van der Waals surface area (Å²) >= 11 is 0. The van der Waals surface area contributed by atoms with Crippen molar-refractivity contribution in [3.05, 3.63) is 29.8 Å². The molecule has 0 spiro atoms. The molecule has 0 aliphatic heterocycles. The summed E-state index contributed by atoms with van der Waals surface area (Å²) in [6, 6.07) is 5.83. The van der Waals surface area contributed by atoms with Gasteiger partial charge in [-0.05, 0) is 30.5 Å². The average Bonchev–Trinajstić information content (AvgIpc) is 3.19.